The molecule has 1 aromatic carbocycles. The number of rotatable bonds is 5. The van der Waals surface area contributed by atoms with Crippen LogP contribution in [0.25, 0.3) is 0 Å². The van der Waals surface area contributed by atoms with Gasteiger partial charge in [0.25, 0.3) is 0 Å². The predicted octanol–water partition coefficient (Wildman–Crippen LogP) is 2.67. The summed E-state index contributed by atoms with van der Waals surface area (Å²) in [6.45, 7) is 8.29. The highest BCUT2D eigenvalue weighted by Gasteiger charge is 2.16. The third kappa shape index (κ3) is 4.58. The molecular formula is C17H23N5O2. The number of aryl methyl sites for hydroxylation is 3. The molecule has 3 amide bonds. The standard InChI is InChI=1S/C17H23N5O2/c1-5-22-10-14(9-18-22)19-13(4)16(23)21-17(24)20-15-7-6-11(2)8-12(15)3/h6-10,13,19H,5H2,1-4H3,(H2,20,21,23,24). The molecule has 0 radical (unpaired) electrons. The Labute approximate surface area is 141 Å². The van der Waals surface area contributed by atoms with E-state index in [-0.39, 0.29) is 0 Å². The number of benzene rings is 1. The van der Waals surface area contributed by atoms with Crippen molar-refractivity contribution in [3.8, 4) is 0 Å². The highest BCUT2D eigenvalue weighted by atomic mass is 16.2. The second kappa shape index (κ2) is 7.63. The summed E-state index contributed by atoms with van der Waals surface area (Å²) in [6.07, 6.45) is 3.45. The first-order valence-corrected chi connectivity index (χ1v) is 7.87. The van der Waals surface area contributed by atoms with E-state index in [4.69, 9.17) is 0 Å². The van der Waals surface area contributed by atoms with E-state index in [0.717, 1.165) is 23.4 Å². The lowest BCUT2D eigenvalue weighted by molar-refractivity contribution is -0.120. The normalized spacial score (nSPS) is 11.7. The van der Waals surface area contributed by atoms with Crippen LogP contribution in [-0.4, -0.2) is 27.8 Å². The van der Waals surface area contributed by atoms with E-state index in [2.05, 4.69) is 21.0 Å². The minimum absolute atomic E-state index is 0.415. The smallest absolute Gasteiger partial charge is 0.325 e. The molecule has 7 nitrogen and oxygen atoms in total. The lowest BCUT2D eigenvalue weighted by Gasteiger charge is -2.14. The highest BCUT2D eigenvalue weighted by molar-refractivity contribution is 6.03. The Bertz CT molecular complexity index is 738. The summed E-state index contributed by atoms with van der Waals surface area (Å²) in [6, 6.07) is 4.57. The number of amides is 3. The average molecular weight is 329 g/mol. The van der Waals surface area contributed by atoms with Crippen LogP contribution in [0.15, 0.2) is 30.6 Å². The molecule has 1 unspecified atom stereocenters. The Balaban J connectivity index is 1.89. The van der Waals surface area contributed by atoms with Gasteiger partial charge in [0.2, 0.25) is 5.91 Å². The van der Waals surface area contributed by atoms with Crippen molar-refractivity contribution in [1.29, 1.82) is 0 Å². The fourth-order valence-electron chi connectivity index (χ4n) is 2.25. The summed E-state index contributed by atoms with van der Waals surface area (Å²) >= 11 is 0. The third-order valence-electron chi connectivity index (χ3n) is 3.60. The number of anilines is 2. The lowest BCUT2D eigenvalue weighted by atomic mass is 10.1. The maximum Gasteiger partial charge on any atom is 0.325 e. The zero-order valence-corrected chi connectivity index (χ0v) is 14.4. The molecule has 0 bridgehead atoms. The number of hydrogen-bond acceptors (Lipinski definition) is 4. The molecule has 24 heavy (non-hydrogen) atoms. The minimum Gasteiger partial charge on any atom is -0.371 e. The summed E-state index contributed by atoms with van der Waals surface area (Å²) < 4.78 is 1.75. The SMILES string of the molecule is CCn1cc(NC(C)C(=O)NC(=O)Nc2ccc(C)cc2C)cn1. The molecule has 2 rings (SSSR count). The molecule has 3 N–H and O–H groups in total. The molecule has 1 aromatic heterocycles. The monoisotopic (exact) mass is 329 g/mol. The second-order valence-electron chi connectivity index (χ2n) is 5.71. The van der Waals surface area contributed by atoms with Crippen LogP contribution in [0.1, 0.15) is 25.0 Å². The van der Waals surface area contributed by atoms with E-state index in [0.29, 0.717) is 5.69 Å². The number of hydrogen-bond donors (Lipinski definition) is 3. The van der Waals surface area contributed by atoms with Gasteiger partial charge >= 0.3 is 6.03 Å². The minimum atomic E-state index is -0.565. The van der Waals surface area contributed by atoms with Gasteiger partial charge in [0.15, 0.2) is 0 Å². The first kappa shape index (κ1) is 17.5. The van der Waals surface area contributed by atoms with Gasteiger partial charge in [0.05, 0.1) is 11.9 Å². The van der Waals surface area contributed by atoms with Crippen molar-refractivity contribution in [2.75, 3.05) is 10.6 Å². The van der Waals surface area contributed by atoms with E-state index >= 15 is 0 Å². The fraction of sp³-hybridized carbons (Fsp3) is 0.353. The number of urea groups is 1. The summed E-state index contributed by atoms with van der Waals surface area (Å²) in [5.41, 5.74) is 3.46. The van der Waals surface area contributed by atoms with E-state index in [1.165, 1.54) is 0 Å². The molecule has 1 atom stereocenters. The van der Waals surface area contributed by atoms with Crippen molar-refractivity contribution < 1.29 is 9.59 Å². The predicted molar refractivity (Wildman–Crippen MR) is 94.1 cm³/mol. The van der Waals surface area contributed by atoms with Crippen molar-refractivity contribution in [2.24, 2.45) is 0 Å². The number of nitrogens with zero attached hydrogens (tertiary/aromatic N) is 2. The number of carbonyl (C=O) groups is 2. The molecule has 0 aliphatic carbocycles. The molecule has 7 heteroatoms. The van der Waals surface area contributed by atoms with Crippen LogP contribution in [0.5, 0.6) is 0 Å². The molecule has 128 valence electrons. The molecule has 0 saturated heterocycles. The van der Waals surface area contributed by atoms with Crippen LogP contribution < -0.4 is 16.0 Å². The fourth-order valence-corrected chi connectivity index (χ4v) is 2.25. The highest BCUT2D eigenvalue weighted by Crippen LogP contribution is 2.15. The van der Waals surface area contributed by atoms with Crippen LogP contribution in [0, 0.1) is 13.8 Å². The molecule has 0 saturated carbocycles. The topological polar surface area (TPSA) is 88.0 Å². The van der Waals surface area contributed by atoms with Crippen LogP contribution >= 0.6 is 0 Å². The van der Waals surface area contributed by atoms with Crippen molar-refractivity contribution in [3.05, 3.63) is 41.7 Å². The third-order valence-corrected chi connectivity index (χ3v) is 3.60. The zero-order chi connectivity index (χ0) is 17.7. The summed E-state index contributed by atoms with van der Waals surface area (Å²) in [5, 5.41) is 12.2. The van der Waals surface area contributed by atoms with Gasteiger partial charge in [0.1, 0.15) is 6.04 Å². The number of carbonyl (C=O) groups excluding carboxylic acids is 2. The lowest BCUT2D eigenvalue weighted by Crippen LogP contribution is -2.43. The van der Waals surface area contributed by atoms with Crippen LogP contribution in [0.4, 0.5) is 16.2 Å². The van der Waals surface area contributed by atoms with Crippen LogP contribution in [-0.2, 0) is 11.3 Å². The largest absolute Gasteiger partial charge is 0.371 e. The van der Waals surface area contributed by atoms with Gasteiger partial charge in [-0.1, -0.05) is 17.7 Å². The zero-order valence-electron chi connectivity index (χ0n) is 14.4. The summed E-state index contributed by atoms with van der Waals surface area (Å²) in [7, 11) is 0. The molecule has 2 aromatic rings. The van der Waals surface area contributed by atoms with E-state index < -0.39 is 18.0 Å². The van der Waals surface area contributed by atoms with Gasteiger partial charge in [0, 0.05) is 18.4 Å². The van der Waals surface area contributed by atoms with Crippen molar-refractivity contribution in [3.63, 3.8) is 0 Å². The summed E-state index contributed by atoms with van der Waals surface area (Å²) in [5.74, 6) is -0.415. The molecule has 0 spiro atoms. The van der Waals surface area contributed by atoms with E-state index in [1.54, 1.807) is 24.0 Å². The second-order valence-corrected chi connectivity index (χ2v) is 5.71. The van der Waals surface area contributed by atoms with Gasteiger partial charge in [-0.3, -0.25) is 14.8 Å². The Kier molecular flexibility index (Phi) is 5.57. The number of imide groups is 1. The van der Waals surface area contributed by atoms with Gasteiger partial charge in [-0.15, -0.1) is 0 Å². The first-order chi connectivity index (χ1) is 11.4. The summed E-state index contributed by atoms with van der Waals surface area (Å²) in [4.78, 5) is 24.1. The quantitative estimate of drug-likeness (QED) is 0.787. The molecular weight excluding hydrogens is 306 g/mol. The van der Waals surface area contributed by atoms with Crippen LogP contribution in [0.2, 0.25) is 0 Å². The van der Waals surface area contributed by atoms with Gasteiger partial charge < -0.3 is 10.6 Å². The molecule has 0 aliphatic heterocycles. The molecule has 0 fully saturated rings. The maximum atomic E-state index is 12.1. The maximum absolute atomic E-state index is 12.1. The molecule has 0 aliphatic rings. The number of nitrogens with one attached hydrogen (secondary N) is 3. The Morgan fingerprint density at radius 1 is 1.29 bits per heavy atom. The Hall–Kier alpha value is -2.83. The number of aromatic nitrogens is 2. The van der Waals surface area contributed by atoms with Crippen molar-refractivity contribution in [2.45, 2.75) is 40.3 Å². The van der Waals surface area contributed by atoms with Crippen LogP contribution in [0.3, 0.4) is 0 Å². The van der Waals surface area contributed by atoms with Gasteiger partial charge in [-0.25, -0.2) is 4.79 Å². The van der Waals surface area contributed by atoms with Gasteiger partial charge in [-0.2, -0.15) is 5.10 Å². The Morgan fingerprint density at radius 3 is 2.67 bits per heavy atom. The Morgan fingerprint density at radius 2 is 2.04 bits per heavy atom. The van der Waals surface area contributed by atoms with Gasteiger partial charge in [-0.05, 0) is 39.3 Å². The van der Waals surface area contributed by atoms with Crippen molar-refractivity contribution in [1.82, 2.24) is 15.1 Å². The molecule has 1 heterocycles. The first-order valence-electron chi connectivity index (χ1n) is 7.87. The van der Waals surface area contributed by atoms with E-state index in [1.807, 2.05) is 39.0 Å². The van der Waals surface area contributed by atoms with E-state index in [9.17, 15) is 9.59 Å². The average Bonchev–Trinajstić information content (AvgIpc) is 2.97. The van der Waals surface area contributed by atoms with Crippen molar-refractivity contribution >= 4 is 23.3 Å².